The summed E-state index contributed by atoms with van der Waals surface area (Å²) in [7, 11) is 0. The lowest BCUT2D eigenvalue weighted by atomic mass is 10.1. The van der Waals surface area contributed by atoms with Gasteiger partial charge >= 0.3 is 6.43 Å². The molecule has 0 atom stereocenters. The van der Waals surface area contributed by atoms with Gasteiger partial charge in [-0.15, -0.1) is 15.3 Å². The molecular formula is C25H26F3N7O. The van der Waals surface area contributed by atoms with Crippen LogP contribution in [0.5, 0.6) is 0 Å². The highest BCUT2D eigenvalue weighted by molar-refractivity contribution is 5.58. The van der Waals surface area contributed by atoms with Crippen LogP contribution in [-0.4, -0.2) is 67.7 Å². The molecule has 0 aliphatic carbocycles. The van der Waals surface area contributed by atoms with Gasteiger partial charge in [-0.25, -0.2) is 9.07 Å². The average Bonchev–Trinajstić information content (AvgIpc) is 3.57. The summed E-state index contributed by atoms with van der Waals surface area (Å²) >= 11 is 0. The minimum atomic E-state index is -2.88. The minimum absolute atomic E-state index is 0.160. The summed E-state index contributed by atoms with van der Waals surface area (Å²) in [5.74, 6) is -1.50. The van der Waals surface area contributed by atoms with Crippen molar-refractivity contribution >= 4 is 0 Å². The third-order valence-corrected chi connectivity index (χ3v) is 6.37. The third-order valence-electron chi connectivity index (χ3n) is 6.37. The second kappa shape index (κ2) is 10.6. The molecule has 0 spiro atoms. The Morgan fingerprint density at radius 1 is 0.889 bits per heavy atom. The summed E-state index contributed by atoms with van der Waals surface area (Å²) in [6.07, 6.45) is -1.12. The molecule has 1 aliphatic heterocycles. The highest BCUT2D eigenvalue weighted by atomic mass is 19.3. The van der Waals surface area contributed by atoms with Crippen LogP contribution in [0.3, 0.4) is 0 Å². The van der Waals surface area contributed by atoms with Gasteiger partial charge in [0.25, 0.3) is 5.89 Å². The van der Waals surface area contributed by atoms with Crippen molar-refractivity contribution in [3.8, 4) is 22.7 Å². The normalized spacial score (nSPS) is 15.1. The number of likely N-dealkylation sites (N-methyl/N-ethyl adjacent to an activating group) is 1. The second-order valence-corrected chi connectivity index (χ2v) is 8.76. The van der Waals surface area contributed by atoms with Crippen LogP contribution in [0.4, 0.5) is 13.2 Å². The Morgan fingerprint density at radius 3 is 2.28 bits per heavy atom. The highest BCUT2D eigenvalue weighted by Crippen LogP contribution is 2.25. The molecule has 8 nitrogen and oxygen atoms in total. The number of aromatic nitrogens is 5. The zero-order valence-corrected chi connectivity index (χ0v) is 19.8. The first kappa shape index (κ1) is 24.1. The molecule has 11 heteroatoms. The Hall–Kier alpha value is -3.57. The van der Waals surface area contributed by atoms with E-state index in [4.69, 9.17) is 4.42 Å². The van der Waals surface area contributed by atoms with E-state index in [-0.39, 0.29) is 18.0 Å². The fourth-order valence-corrected chi connectivity index (χ4v) is 4.23. The van der Waals surface area contributed by atoms with Gasteiger partial charge < -0.3 is 9.32 Å². The number of hydrogen-bond acceptors (Lipinski definition) is 7. The van der Waals surface area contributed by atoms with Crippen LogP contribution in [0.25, 0.3) is 22.7 Å². The van der Waals surface area contributed by atoms with Crippen molar-refractivity contribution in [3.63, 3.8) is 0 Å². The quantitative estimate of drug-likeness (QED) is 0.360. The van der Waals surface area contributed by atoms with E-state index in [1.807, 2.05) is 12.1 Å². The molecule has 36 heavy (non-hydrogen) atoms. The molecule has 1 fully saturated rings. The Balaban J connectivity index is 1.21. The van der Waals surface area contributed by atoms with Crippen molar-refractivity contribution in [3.05, 3.63) is 71.5 Å². The van der Waals surface area contributed by atoms with E-state index in [1.165, 1.54) is 17.7 Å². The predicted octanol–water partition coefficient (Wildman–Crippen LogP) is 4.26. The van der Waals surface area contributed by atoms with Crippen LogP contribution in [0, 0.1) is 5.82 Å². The van der Waals surface area contributed by atoms with Gasteiger partial charge in [0.1, 0.15) is 11.5 Å². The SMILES string of the molecule is CCN1CCN(Cc2ccc(-c3cn(Cc4ccc(-c5nnc(C(F)F)o5)cc4F)nn3)cc2)CC1. The summed E-state index contributed by atoms with van der Waals surface area (Å²) < 4.78 is 46.4. The fourth-order valence-electron chi connectivity index (χ4n) is 4.23. The van der Waals surface area contributed by atoms with E-state index in [9.17, 15) is 13.2 Å². The maximum absolute atomic E-state index is 14.7. The summed E-state index contributed by atoms with van der Waals surface area (Å²) in [6.45, 7) is 8.75. The lowest BCUT2D eigenvalue weighted by Gasteiger charge is -2.34. The Morgan fingerprint density at radius 2 is 1.61 bits per heavy atom. The van der Waals surface area contributed by atoms with Crippen LogP contribution in [0.15, 0.2) is 53.1 Å². The smallest absolute Gasteiger partial charge is 0.314 e. The first-order valence-corrected chi connectivity index (χ1v) is 11.8. The summed E-state index contributed by atoms with van der Waals surface area (Å²) in [4.78, 5) is 4.93. The molecule has 0 radical (unpaired) electrons. The van der Waals surface area contributed by atoms with Crippen LogP contribution in [0.2, 0.25) is 0 Å². The van der Waals surface area contributed by atoms with E-state index in [1.54, 1.807) is 16.9 Å². The van der Waals surface area contributed by atoms with E-state index in [0.717, 1.165) is 44.8 Å². The first-order chi connectivity index (χ1) is 17.5. The van der Waals surface area contributed by atoms with E-state index in [2.05, 4.69) is 49.4 Å². The molecule has 1 aliphatic rings. The largest absolute Gasteiger partial charge is 0.415 e. The molecule has 5 rings (SSSR count). The minimum Gasteiger partial charge on any atom is -0.415 e. The Kier molecular flexibility index (Phi) is 7.10. The molecule has 4 aromatic rings. The lowest BCUT2D eigenvalue weighted by Crippen LogP contribution is -2.45. The standard InChI is InChI=1S/C25H26F3N7O/c1-2-33-9-11-34(12-10-33)14-17-3-5-18(6-4-17)22-16-35(32-29-22)15-20-8-7-19(13-21(20)26)24-30-31-25(36-24)23(27)28/h3-8,13,16,23H,2,9-12,14-15H2,1H3. The van der Waals surface area contributed by atoms with Crippen molar-refractivity contribution in [2.45, 2.75) is 26.4 Å². The average molecular weight is 498 g/mol. The number of nitrogens with zero attached hydrogens (tertiary/aromatic N) is 7. The zero-order chi connectivity index (χ0) is 25.1. The van der Waals surface area contributed by atoms with Crippen LogP contribution < -0.4 is 0 Å². The number of benzene rings is 2. The zero-order valence-electron chi connectivity index (χ0n) is 19.8. The van der Waals surface area contributed by atoms with Crippen LogP contribution >= 0.6 is 0 Å². The number of piperazine rings is 1. The van der Waals surface area contributed by atoms with Gasteiger partial charge in [0.15, 0.2) is 0 Å². The van der Waals surface area contributed by atoms with Crippen LogP contribution in [0.1, 0.15) is 30.4 Å². The van der Waals surface area contributed by atoms with Gasteiger partial charge in [-0.3, -0.25) is 4.90 Å². The van der Waals surface area contributed by atoms with Crippen molar-refractivity contribution in [1.29, 1.82) is 0 Å². The van der Waals surface area contributed by atoms with E-state index >= 15 is 0 Å². The molecule has 2 aromatic heterocycles. The predicted molar refractivity (Wildman–Crippen MR) is 127 cm³/mol. The molecular weight excluding hydrogens is 471 g/mol. The maximum atomic E-state index is 14.7. The summed E-state index contributed by atoms with van der Waals surface area (Å²) in [6, 6.07) is 12.5. The molecule has 3 heterocycles. The number of alkyl halides is 2. The lowest BCUT2D eigenvalue weighted by molar-refractivity contribution is 0.116. The van der Waals surface area contributed by atoms with Crippen molar-refractivity contribution < 1.29 is 17.6 Å². The van der Waals surface area contributed by atoms with Gasteiger partial charge in [0.05, 0.1) is 12.7 Å². The molecule has 0 N–H and O–H groups in total. The van der Waals surface area contributed by atoms with Gasteiger partial charge in [-0.2, -0.15) is 8.78 Å². The highest BCUT2D eigenvalue weighted by Gasteiger charge is 2.18. The van der Waals surface area contributed by atoms with Gasteiger partial charge in [0, 0.05) is 49.4 Å². The van der Waals surface area contributed by atoms with E-state index < -0.39 is 18.1 Å². The molecule has 1 saturated heterocycles. The van der Waals surface area contributed by atoms with Crippen LogP contribution in [-0.2, 0) is 13.1 Å². The second-order valence-electron chi connectivity index (χ2n) is 8.76. The number of halogens is 3. The maximum Gasteiger partial charge on any atom is 0.314 e. The van der Waals surface area contributed by atoms with Crippen molar-refractivity contribution in [2.24, 2.45) is 0 Å². The summed E-state index contributed by atoms with van der Waals surface area (Å²) in [5, 5.41) is 15.2. The van der Waals surface area contributed by atoms with Gasteiger partial charge in [0.2, 0.25) is 5.89 Å². The number of hydrogen-bond donors (Lipinski definition) is 0. The Bertz CT molecular complexity index is 1300. The fraction of sp³-hybridized carbons (Fsp3) is 0.360. The van der Waals surface area contributed by atoms with Crippen molar-refractivity contribution in [1.82, 2.24) is 35.0 Å². The molecule has 2 aromatic carbocycles. The molecule has 0 unspecified atom stereocenters. The van der Waals surface area contributed by atoms with Crippen molar-refractivity contribution in [2.75, 3.05) is 32.7 Å². The molecule has 188 valence electrons. The summed E-state index contributed by atoms with van der Waals surface area (Å²) in [5.41, 5.74) is 3.47. The van der Waals surface area contributed by atoms with E-state index in [0.29, 0.717) is 11.3 Å². The first-order valence-electron chi connectivity index (χ1n) is 11.8. The third kappa shape index (κ3) is 5.47. The molecule has 0 amide bonds. The molecule has 0 saturated carbocycles. The monoisotopic (exact) mass is 497 g/mol. The van der Waals surface area contributed by atoms with Gasteiger partial charge in [-0.1, -0.05) is 42.5 Å². The number of rotatable bonds is 8. The van der Waals surface area contributed by atoms with Gasteiger partial charge in [-0.05, 0) is 24.2 Å². The topological polar surface area (TPSA) is 76.1 Å². The molecule has 0 bridgehead atoms. The Labute approximate surface area is 206 Å².